The average Bonchev–Trinajstić information content (AvgIpc) is 2.84. The third kappa shape index (κ3) is 2.54. The Morgan fingerprint density at radius 2 is 2.28 bits per heavy atom. The monoisotopic (exact) mass is 246 g/mol. The van der Waals surface area contributed by atoms with Gasteiger partial charge in [-0.15, -0.1) is 0 Å². The first-order valence-electron chi connectivity index (χ1n) is 5.68. The van der Waals surface area contributed by atoms with E-state index < -0.39 is 4.92 Å². The van der Waals surface area contributed by atoms with Crippen molar-refractivity contribution in [2.75, 3.05) is 6.54 Å². The predicted octanol–water partition coefficient (Wildman–Crippen LogP) is 1.81. The Labute approximate surface area is 104 Å². The van der Waals surface area contributed by atoms with Gasteiger partial charge < -0.3 is 10.3 Å². The first-order valence-corrected chi connectivity index (χ1v) is 5.68. The van der Waals surface area contributed by atoms with Crippen LogP contribution in [-0.4, -0.2) is 21.0 Å². The van der Waals surface area contributed by atoms with E-state index in [-0.39, 0.29) is 5.69 Å². The second kappa shape index (κ2) is 5.42. The highest BCUT2D eigenvalue weighted by molar-refractivity contribution is 5.59. The first-order chi connectivity index (χ1) is 8.72. The summed E-state index contributed by atoms with van der Waals surface area (Å²) in [4.78, 5) is 14.6. The number of nitro benzene ring substituents is 1. The number of imidazole rings is 1. The quantitative estimate of drug-likeness (QED) is 0.643. The van der Waals surface area contributed by atoms with Crippen molar-refractivity contribution in [1.82, 2.24) is 9.55 Å². The number of non-ortho nitro benzene ring substituents is 1. The van der Waals surface area contributed by atoms with E-state index in [4.69, 9.17) is 5.73 Å². The minimum absolute atomic E-state index is 0.0703. The van der Waals surface area contributed by atoms with Gasteiger partial charge in [-0.1, -0.05) is 12.1 Å². The molecule has 18 heavy (non-hydrogen) atoms. The lowest BCUT2D eigenvalue weighted by atomic mass is 10.2. The minimum Gasteiger partial charge on any atom is -0.331 e. The standard InChI is InChI=1S/C12H14N4O2/c13-5-2-7-15-8-6-14-12(15)10-3-1-4-11(9-10)16(17)18/h1,3-4,6,8-9H,2,5,7,13H2. The fourth-order valence-electron chi connectivity index (χ4n) is 1.77. The summed E-state index contributed by atoms with van der Waals surface area (Å²) < 4.78 is 1.95. The molecular formula is C12H14N4O2. The molecule has 1 aromatic heterocycles. The Bertz CT molecular complexity index is 551. The Morgan fingerprint density at radius 3 is 3.00 bits per heavy atom. The van der Waals surface area contributed by atoms with E-state index >= 15 is 0 Å². The topological polar surface area (TPSA) is 87.0 Å². The van der Waals surface area contributed by atoms with Gasteiger partial charge in [0.15, 0.2) is 0 Å². The van der Waals surface area contributed by atoms with Gasteiger partial charge in [0.05, 0.1) is 4.92 Å². The summed E-state index contributed by atoms with van der Waals surface area (Å²) in [5, 5.41) is 10.7. The summed E-state index contributed by atoms with van der Waals surface area (Å²) in [5.74, 6) is 0.729. The summed E-state index contributed by atoms with van der Waals surface area (Å²) in [5.41, 5.74) is 6.29. The zero-order valence-electron chi connectivity index (χ0n) is 9.82. The smallest absolute Gasteiger partial charge is 0.270 e. The van der Waals surface area contributed by atoms with E-state index in [1.165, 1.54) is 12.1 Å². The molecule has 0 aliphatic carbocycles. The van der Waals surface area contributed by atoms with Crippen LogP contribution in [0.2, 0.25) is 0 Å². The van der Waals surface area contributed by atoms with Gasteiger partial charge in [-0.25, -0.2) is 4.98 Å². The lowest BCUT2D eigenvalue weighted by Crippen LogP contribution is -2.06. The van der Waals surface area contributed by atoms with E-state index in [0.29, 0.717) is 6.54 Å². The highest BCUT2D eigenvalue weighted by Crippen LogP contribution is 2.22. The number of nitro groups is 1. The van der Waals surface area contributed by atoms with Crippen LogP contribution < -0.4 is 5.73 Å². The van der Waals surface area contributed by atoms with Crippen molar-refractivity contribution < 1.29 is 4.92 Å². The molecule has 2 aromatic rings. The van der Waals surface area contributed by atoms with Crippen LogP contribution in [0.3, 0.4) is 0 Å². The van der Waals surface area contributed by atoms with Crippen molar-refractivity contribution in [2.24, 2.45) is 5.73 Å². The third-order valence-electron chi connectivity index (χ3n) is 2.63. The molecule has 0 saturated heterocycles. The van der Waals surface area contributed by atoms with E-state index in [9.17, 15) is 10.1 Å². The van der Waals surface area contributed by atoms with Crippen molar-refractivity contribution in [3.05, 3.63) is 46.8 Å². The van der Waals surface area contributed by atoms with E-state index in [1.807, 2.05) is 16.8 Å². The summed E-state index contributed by atoms with van der Waals surface area (Å²) in [6, 6.07) is 6.47. The number of benzene rings is 1. The maximum Gasteiger partial charge on any atom is 0.270 e. The fourth-order valence-corrected chi connectivity index (χ4v) is 1.77. The molecule has 2 N–H and O–H groups in total. The van der Waals surface area contributed by atoms with Crippen molar-refractivity contribution in [1.29, 1.82) is 0 Å². The van der Waals surface area contributed by atoms with E-state index in [0.717, 1.165) is 24.4 Å². The van der Waals surface area contributed by atoms with Crippen LogP contribution in [0.1, 0.15) is 6.42 Å². The highest BCUT2D eigenvalue weighted by atomic mass is 16.6. The van der Waals surface area contributed by atoms with Crippen LogP contribution in [0, 0.1) is 10.1 Å². The Kier molecular flexibility index (Phi) is 3.69. The van der Waals surface area contributed by atoms with E-state index in [2.05, 4.69) is 4.98 Å². The normalized spacial score (nSPS) is 10.5. The van der Waals surface area contributed by atoms with Crippen LogP contribution in [0.25, 0.3) is 11.4 Å². The van der Waals surface area contributed by atoms with Gasteiger partial charge in [0, 0.05) is 36.6 Å². The van der Waals surface area contributed by atoms with Crippen LogP contribution in [-0.2, 0) is 6.54 Å². The molecule has 0 saturated carbocycles. The Balaban J connectivity index is 2.33. The maximum absolute atomic E-state index is 10.7. The van der Waals surface area contributed by atoms with Crippen molar-refractivity contribution >= 4 is 5.69 Å². The molecule has 2 rings (SSSR count). The molecular weight excluding hydrogens is 232 g/mol. The average molecular weight is 246 g/mol. The SMILES string of the molecule is NCCCn1ccnc1-c1cccc([N+](=O)[O-])c1. The van der Waals surface area contributed by atoms with Gasteiger partial charge in [-0.2, -0.15) is 0 Å². The van der Waals surface area contributed by atoms with Gasteiger partial charge in [0.2, 0.25) is 0 Å². The summed E-state index contributed by atoms with van der Waals surface area (Å²) in [6.45, 7) is 1.36. The van der Waals surface area contributed by atoms with E-state index in [1.54, 1.807) is 12.3 Å². The number of aryl methyl sites for hydroxylation is 1. The van der Waals surface area contributed by atoms with Gasteiger partial charge >= 0.3 is 0 Å². The molecule has 0 aliphatic heterocycles. The number of rotatable bonds is 5. The molecule has 0 unspecified atom stereocenters. The predicted molar refractivity (Wildman–Crippen MR) is 68.0 cm³/mol. The molecule has 0 atom stereocenters. The van der Waals surface area contributed by atoms with Crippen molar-refractivity contribution in [2.45, 2.75) is 13.0 Å². The summed E-state index contributed by atoms with van der Waals surface area (Å²) in [6.07, 6.45) is 4.38. The van der Waals surface area contributed by atoms with Gasteiger partial charge in [0.25, 0.3) is 5.69 Å². The fraction of sp³-hybridized carbons (Fsp3) is 0.250. The molecule has 0 radical (unpaired) electrons. The largest absolute Gasteiger partial charge is 0.331 e. The zero-order chi connectivity index (χ0) is 13.0. The lowest BCUT2D eigenvalue weighted by Gasteiger charge is -2.06. The number of hydrogen-bond donors (Lipinski definition) is 1. The number of aromatic nitrogens is 2. The number of hydrogen-bond acceptors (Lipinski definition) is 4. The highest BCUT2D eigenvalue weighted by Gasteiger charge is 2.10. The molecule has 6 nitrogen and oxygen atoms in total. The molecule has 0 aliphatic rings. The molecule has 94 valence electrons. The van der Waals surface area contributed by atoms with Crippen LogP contribution in [0.4, 0.5) is 5.69 Å². The van der Waals surface area contributed by atoms with Crippen LogP contribution in [0.5, 0.6) is 0 Å². The molecule has 0 bridgehead atoms. The molecule has 1 heterocycles. The van der Waals surface area contributed by atoms with Crippen LogP contribution in [0.15, 0.2) is 36.7 Å². The number of nitrogens with two attached hydrogens (primary N) is 1. The lowest BCUT2D eigenvalue weighted by molar-refractivity contribution is -0.384. The summed E-state index contributed by atoms with van der Waals surface area (Å²) in [7, 11) is 0. The molecule has 6 heteroatoms. The first kappa shape index (κ1) is 12.3. The Morgan fingerprint density at radius 1 is 1.44 bits per heavy atom. The zero-order valence-corrected chi connectivity index (χ0v) is 9.82. The third-order valence-corrected chi connectivity index (χ3v) is 2.63. The minimum atomic E-state index is -0.406. The maximum atomic E-state index is 10.7. The summed E-state index contributed by atoms with van der Waals surface area (Å²) >= 11 is 0. The van der Waals surface area contributed by atoms with Gasteiger partial charge in [-0.3, -0.25) is 10.1 Å². The molecule has 0 fully saturated rings. The Hall–Kier alpha value is -2.21. The number of nitrogens with zero attached hydrogens (tertiary/aromatic N) is 3. The second-order valence-electron chi connectivity index (χ2n) is 3.89. The molecule has 0 amide bonds. The second-order valence-corrected chi connectivity index (χ2v) is 3.89. The van der Waals surface area contributed by atoms with Gasteiger partial charge in [0.1, 0.15) is 5.82 Å². The van der Waals surface area contributed by atoms with Crippen molar-refractivity contribution in [3.8, 4) is 11.4 Å². The van der Waals surface area contributed by atoms with Gasteiger partial charge in [-0.05, 0) is 13.0 Å². The molecule has 0 spiro atoms. The van der Waals surface area contributed by atoms with Crippen LogP contribution >= 0.6 is 0 Å². The van der Waals surface area contributed by atoms with Crippen molar-refractivity contribution in [3.63, 3.8) is 0 Å². The molecule has 1 aromatic carbocycles.